The van der Waals surface area contributed by atoms with Crippen molar-refractivity contribution < 1.29 is 4.79 Å². The standard InChI is InChI=1S/C14H21N3O/c1-3-11-6-4-5-7-17(11)14(18)12-9-16-10(2)8-13(12)15/h8-9,11H,3-7H2,1-2H3,(H2,15,16). The van der Waals surface area contributed by atoms with Crippen molar-refractivity contribution >= 4 is 11.6 Å². The molecule has 0 aliphatic carbocycles. The van der Waals surface area contributed by atoms with Crippen LogP contribution in [0.4, 0.5) is 5.69 Å². The van der Waals surface area contributed by atoms with Crippen LogP contribution in [0.3, 0.4) is 0 Å². The third-order valence-electron chi connectivity index (χ3n) is 3.66. The topological polar surface area (TPSA) is 59.2 Å². The average molecular weight is 247 g/mol. The van der Waals surface area contributed by atoms with Gasteiger partial charge in [-0.3, -0.25) is 9.78 Å². The number of likely N-dealkylation sites (tertiary alicyclic amines) is 1. The van der Waals surface area contributed by atoms with E-state index >= 15 is 0 Å². The lowest BCUT2D eigenvalue weighted by Crippen LogP contribution is -2.43. The Morgan fingerprint density at radius 3 is 3.00 bits per heavy atom. The first kappa shape index (κ1) is 12.9. The van der Waals surface area contributed by atoms with Gasteiger partial charge >= 0.3 is 0 Å². The number of rotatable bonds is 2. The monoisotopic (exact) mass is 247 g/mol. The first-order chi connectivity index (χ1) is 8.63. The molecule has 1 aliphatic heterocycles. The summed E-state index contributed by atoms with van der Waals surface area (Å²) in [4.78, 5) is 18.7. The lowest BCUT2D eigenvalue weighted by atomic mass is 9.99. The molecule has 1 aliphatic rings. The lowest BCUT2D eigenvalue weighted by molar-refractivity contribution is 0.0608. The maximum Gasteiger partial charge on any atom is 0.257 e. The van der Waals surface area contributed by atoms with Crippen LogP contribution in [0.25, 0.3) is 0 Å². The molecule has 18 heavy (non-hydrogen) atoms. The quantitative estimate of drug-likeness (QED) is 0.872. The second-order valence-corrected chi connectivity index (χ2v) is 4.97. The van der Waals surface area contributed by atoms with Crippen LogP contribution in [-0.2, 0) is 0 Å². The molecule has 1 amide bonds. The van der Waals surface area contributed by atoms with E-state index in [0.717, 1.165) is 31.5 Å². The molecule has 1 aromatic heterocycles. The molecule has 4 heteroatoms. The van der Waals surface area contributed by atoms with E-state index in [9.17, 15) is 4.79 Å². The number of piperidine rings is 1. The van der Waals surface area contributed by atoms with Gasteiger partial charge in [0, 0.05) is 30.2 Å². The highest BCUT2D eigenvalue weighted by Gasteiger charge is 2.27. The lowest BCUT2D eigenvalue weighted by Gasteiger charge is -2.35. The zero-order chi connectivity index (χ0) is 13.1. The molecular weight excluding hydrogens is 226 g/mol. The molecule has 1 unspecified atom stereocenters. The summed E-state index contributed by atoms with van der Waals surface area (Å²) in [6, 6.07) is 2.12. The Kier molecular flexibility index (Phi) is 3.84. The van der Waals surface area contributed by atoms with Gasteiger partial charge in [0.15, 0.2) is 0 Å². The van der Waals surface area contributed by atoms with Gasteiger partial charge in [-0.25, -0.2) is 0 Å². The summed E-state index contributed by atoms with van der Waals surface area (Å²) in [7, 11) is 0. The minimum absolute atomic E-state index is 0.0338. The maximum absolute atomic E-state index is 12.5. The van der Waals surface area contributed by atoms with Gasteiger partial charge in [-0.05, 0) is 38.7 Å². The largest absolute Gasteiger partial charge is 0.398 e. The SMILES string of the molecule is CCC1CCCCN1C(=O)c1cnc(C)cc1N. The molecule has 0 aromatic carbocycles. The van der Waals surface area contributed by atoms with Crippen molar-refractivity contribution in [2.24, 2.45) is 0 Å². The number of aromatic nitrogens is 1. The minimum atomic E-state index is 0.0338. The Labute approximate surface area is 108 Å². The molecule has 1 fully saturated rings. The fourth-order valence-corrected chi connectivity index (χ4v) is 2.61. The van der Waals surface area contributed by atoms with Crippen molar-refractivity contribution in [2.75, 3.05) is 12.3 Å². The van der Waals surface area contributed by atoms with Crippen LogP contribution in [0, 0.1) is 6.92 Å². The summed E-state index contributed by atoms with van der Waals surface area (Å²) in [6.07, 6.45) is 6.01. The zero-order valence-electron chi connectivity index (χ0n) is 11.1. The van der Waals surface area contributed by atoms with Crippen LogP contribution in [0.2, 0.25) is 0 Å². The summed E-state index contributed by atoms with van der Waals surface area (Å²) < 4.78 is 0. The summed E-state index contributed by atoms with van der Waals surface area (Å²) in [5, 5.41) is 0. The van der Waals surface area contributed by atoms with E-state index in [0.29, 0.717) is 17.3 Å². The van der Waals surface area contributed by atoms with Crippen molar-refractivity contribution in [1.82, 2.24) is 9.88 Å². The third kappa shape index (κ3) is 2.47. The first-order valence-electron chi connectivity index (χ1n) is 6.66. The number of carbonyl (C=O) groups is 1. The molecule has 0 saturated carbocycles. The number of nitrogens with zero attached hydrogens (tertiary/aromatic N) is 2. The van der Waals surface area contributed by atoms with Gasteiger partial charge in [-0.15, -0.1) is 0 Å². The third-order valence-corrected chi connectivity index (χ3v) is 3.66. The van der Waals surface area contributed by atoms with Crippen molar-refractivity contribution in [2.45, 2.75) is 45.6 Å². The summed E-state index contributed by atoms with van der Waals surface area (Å²) in [5.41, 5.74) is 7.85. The van der Waals surface area contributed by atoms with Gasteiger partial charge in [-0.2, -0.15) is 0 Å². The fraction of sp³-hybridized carbons (Fsp3) is 0.571. The van der Waals surface area contributed by atoms with Gasteiger partial charge in [-0.1, -0.05) is 6.92 Å². The molecule has 4 nitrogen and oxygen atoms in total. The first-order valence-corrected chi connectivity index (χ1v) is 6.66. The van der Waals surface area contributed by atoms with Crippen LogP contribution in [0.5, 0.6) is 0 Å². The van der Waals surface area contributed by atoms with Gasteiger partial charge in [0.2, 0.25) is 0 Å². The van der Waals surface area contributed by atoms with Gasteiger partial charge in [0.05, 0.1) is 5.56 Å². The molecule has 2 heterocycles. The van der Waals surface area contributed by atoms with E-state index in [1.807, 2.05) is 11.8 Å². The fourth-order valence-electron chi connectivity index (χ4n) is 2.61. The number of amides is 1. The zero-order valence-corrected chi connectivity index (χ0v) is 11.1. The molecule has 0 spiro atoms. The van der Waals surface area contributed by atoms with Crippen molar-refractivity contribution in [3.05, 3.63) is 23.5 Å². The number of carbonyl (C=O) groups excluding carboxylic acids is 1. The second kappa shape index (κ2) is 5.38. The molecule has 98 valence electrons. The molecule has 0 bridgehead atoms. The van der Waals surface area contributed by atoms with Gasteiger partial charge in [0.25, 0.3) is 5.91 Å². The van der Waals surface area contributed by atoms with Crippen LogP contribution in [-0.4, -0.2) is 28.4 Å². The molecule has 1 aromatic rings. The van der Waals surface area contributed by atoms with Crippen LogP contribution in [0.15, 0.2) is 12.3 Å². The Morgan fingerprint density at radius 1 is 1.56 bits per heavy atom. The van der Waals surface area contributed by atoms with E-state index in [1.165, 1.54) is 6.42 Å². The van der Waals surface area contributed by atoms with E-state index in [4.69, 9.17) is 5.73 Å². The number of nitrogens with two attached hydrogens (primary N) is 1. The van der Waals surface area contributed by atoms with Crippen molar-refractivity contribution in [3.8, 4) is 0 Å². The molecular formula is C14H21N3O. The Hall–Kier alpha value is -1.58. The Balaban J connectivity index is 2.24. The van der Waals surface area contributed by atoms with Crippen molar-refractivity contribution in [3.63, 3.8) is 0 Å². The van der Waals surface area contributed by atoms with E-state index < -0.39 is 0 Å². The number of pyridine rings is 1. The van der Waals surface area contributed by atoms with Crippen LogP contribution in [0.1, 0.15) is 48.7 Å². The van der Waals surface area contributed by atoms with E-state index in [2.05, 4.69) is 11.9 Å². The molecule has 1 atom stereocenters. The Bertz CT molecular complexity index is 445. The normalized spacial score (nSPS) is 19.9. The summed E-state index contributed by atoms with van der Waals surface area (Å²) >= 11 is 0. The molecule has 1 saturated heterocycles. The van der Waals surface area contributed by atoms with E-state index in [1.54, 1.807) is 12.3 Å². The summed E-state index contributed by atoms with van der Waals surface area (Å²) in [5.74, 6) is 0.0338. The van der Waals surface area contributed by atoms with Crippen molar-refractivity contribution in [1.29, 1.82) is 0 Å². The smallest absolute Gasteiger partial charge is 0.257 e. The molecule has 0 radical (unpaired) electrons. The highest BCUT2D eigenvalue weighted by Crippen LogP contribution is 2.23. The second-order valence-electron chi connectivity index (χ2n) is 4.97. The minimum Gasteiger partial charge on any atom is -0.398 e. The molecule has 2 N–H and O–H groups in total. The molecule has 2 rings (SSSR count). The van der Waals surface area contributed by atoms with Gasteiger partial charge in [0.1, 0.15) is 0 Å². The highest BCUT2D eigenvalue weighted by molar-refractivity contribution is 5.99. The highest BCUT2D eigenvalue weighted by atomic mass is 16.2. The number of hydrogen-bond acceptors (Lipinski definition) is 3. The predicted molar refractivity (Wildman–Crippen MR) is 72.4 cm³/mol. The maximum atomic E-state index is 12.5. The summed E-state index contributed by atoms with van der Waals surface area (Å²) in [6.45, 7) is 4.85. The Morgan fingerprint density at radius 2 is 2.33 bits per heavy atom. The number of nitrogen functional groups attached to an aromatic ring is 1. The number of hydrogen-bond donors (Lipinski definition) is 1. The van der Waals surface area contributed by atoms with Crippen LogP contribution < -0.4 is 5.73 Å². The number of aryl methyl sites for hydroxylation is 1. The van der Waals surface area contributed by atoms with E-state index in [-0.39, 0.29) is 5.91 Å². The number of anilines is 1. The van der Waals surface area contributed by atoms with Gasteiger partial charge < -0.3 is 10.6 Å². The predicted octanol–water partition coefficient (Wildman–Crippen LogP) is 2.38. The average Bonchev–Trinajstić information content (AvgIpc) is 2.38. The van der Waals surface area contributed by atoms with Crippen LogP contribution >= 0.6 is 0 Å².